The smallest absolute Gasteiger partial charge is 0.435 e. The molecule has 0 amide bonds. The Bertz CT molecular complexity index is 707. The second-order valence-corrected chi connectivity index (χ2v) is 5.75. The molecule has 3 heterocycles. The molecular formula is C15H18F3N5O. The van der Waals surface area contributed by atoms with Crippen LogP contribution < -0.4 is 9.64 Å². The zero-order valence-corrected chi connectivity index (χ0v) is 13.4. The number of hydrogen-bond acceptors (Lipinski definition) is 5. The molecular weight excluding hydrogens is 323 g/mol. The van der Waals surface area contributed by atoms with Crippen molar-refractivity contribution in [1.82, 2.24) is 19.7 Å². The van der Waals surface area contributed by atoms with E-state index in [2.05, 4.69) is 15.1 Å². The topological polar surface area (TPSA) is 56.1 Å². The van der Waals surface area contributed by atoms with Crippen LogP contribution in [0, 0.1) is 6.92 Å². The van der Waals surface area contributed by atoms with Crippen LogP contribution in [0.3, 0.4) is 0 Å². The summed E-state index contributed by atoms with van der Waals surface area (Å²) in [5, 5.41) is 3.67. The number of nitrogens with zero attached hydrogens (tertiary/aromatic N) is 5. The summed E-state index contributed by atoms with van der Waals surface area (Å²) >= 11 is 0. The van der Waals surface area contributed by atoms with Crippen LogP contribution in [0.2, 0.25) is 0 Å². The maximum atomic E-state index is 12.6. The molecule has 24 heavy (non-hydrogen) atoms. The summed E-state index contributed by atoms with van der Waals surface area (Å²) in [5.74, 6) is 1.09. The van der Waals surface area contributed by atoms with E-state index in [1.165, 1.54) is 10.9 Å². The van der Waals surface area contributed by atoms with Crippen molar-refractivity contribution in [2.45, 2.75) is 32.0 Å². The fourth-order valence-electron chi connectivity index (χ4n) is 2.79. The molecule has 0 bridgehead atoms. The molecule has 0 unspecified atom stereocenters. The minimum absolute atomic E-state index is 0.0518. The molecule has 1 saturated heterocycles. The second kappa shape index (κ2) is 6.29. The highest BCUT2D eigenvalue weighted by Gasteiger charge is 2.34. The van der Waals surface area contributed by atoms with Crippen LogP contribution in [-0.4, -0.2) is 39.9 Å². The molecule has 0 atom stereocenters. The van der Waals surface area contributed by atoms with Gasteiger partial charge in [-0.2, -0.15) is 23.3 Å². The van der Waals surface area contributed by atoms with Gasteiger partial charge in [0.05, 0.1) is 13.2 Å². The van der Waals surface area contributed by atoms with Crippen molar-refractivity contribution in [3.8, 4) is 5.88 Å². The Morgan fingerprint density at radius 2 is 1.92 bits per heavy atom. The number of rotatable bonds is 3. The van der Waals surface area contributed by atoms with Crippen molar-refractivity contribution >= 4 is 5.95 Å². The highest BCUT2D eigenvalue weighted by atomic mass is 19.4. The van der Waals surface area contributed by atoms with Crippen LogP contribution in [-0.2, 0) is 6.18 Å². The zero-order valence-electron chi connectivity index (χ0n) is 13.4. The molecule has 0 N–H and O–H groups in total. The van der Waals surface area contributed by atoms with E-state index in [-0.39, 0.29) is 6.04 Å². The number of methoxy groups -OCH3 is 1. The highest BCUT2D eigenvalue weighted by Crippen LogP contribution is 2.30. The van der Waals surface area contributed by atoms with E-state index in [0.29, 0.717) is 37.8 Å². The predicted octanol–water partition coefficient (Wildman–Crippen LogP) is 2.85. The summed E-state index contributed by atoms with van der Waals surface area (Å²) in [4.78, 5) is 10.7. The lowest BCUT2D eigenvalue weighted by Gasteiger charge is -2.32. The number of alkyl halides is 3. The first-order chi connectivity index (χ1) is 11.4. The van der Waals surface area contributed by atoms with Crippen LogP contribution in [0.4, 0.5) is 19.1 Å². The molecule has 0 radical (unpaired) electrons. The van der Waals surface area contributed by atoms with Crippen molar-refractivity contribution in [1.29, 1.82) is 0 Å². The monoisotopic (exact) mass is 341 g/mol. The van der Waals surface area contributed by atoms with Crippen molar-refractivity contribution in [3.63, 3.8) is 0 Å². The molecule has 1 aliphatic heterocycles. The summed E-state index contributed by atoms with van der Waals surface area (Å²) in [6.07, 6.45) is -1.65. The fraction of sp³-hybridized carbons (Fsp3) is 0.533. The fourth-order valence-corrected chi connectivity index (χ4v) is 2.79. The summed E-state index contributed by atoms with van der Waals surface area (Å²) < 4.78 is 44.5. The van der Waals surface area contributed by atoms with E-state index < -0.39 is 11.9 Å². The van der Waals surface area contributed by atoms with Gasteiger partial charge in [0, 0.05) is 31.0 Å². The van der Waals surface area contributed by atoms with E-state index >= 15 is 0 Å². The maximum absolute atomic E-state index is 12.6. The Morgan fingerprint density at radius 1 is 1.21 bits per heavy atom. The van der Waals surface area contributed by atoms with Gasteiger partial charge < -0.3 is 9.64 Å². The molecule has 0 aliphatic carbocycles. The molecule has 2 aromatic heterocycles. The SMILES string of the molecule is COc1cc(C)nc(N2CCC(n3ccc(C(F)(F)F)n3)CC2)n1. The Hall–Kier alpha value is -2.32. The number of aromatic nitrogens is 4. The van der Waals surface area contributed by atoms with Gasteiger partial charge in [-0.25, -0.2) is 4.98 Å². The molecule has 0 saturated carbocycles. The first kappa shape index (κ1) is 16.5. The van der Waals surface area contributed by atoms with Gasteiger partial charge >= 0.3 is 6.18 Å². The van der Waals surface area contributed by atoms with Gasteiger partial charge in [0.15, 0.2) is 5.69 Å². The standard InChI is InChI=1S/C15H18F3N5O/c1-10-9-13(24-2)20-14(19-10)22-6-3-11(4-7-22)23-8-5-12(21-23)15(16,17)18/h5,8-9,11H,3-4,6-7H2,1-2H3. The molecule has 0 aromatic carbocycles. The summed E-state index contributed by atoms with van der Waals surface area (Å²) in [7, 11) is 1.55. The van der Waals surface area contributed by atoms with Crippen LogP contribution in [0.25, 0.3) is 0 Å². The third-order valence-corrected chi connectivity index (χ3v) is 4.05. The Labute approximate surface area is 137 Å². The molecule has 1 aliphatic rings. The predicted molar refractivity (Wildman–Crippen MR) is 81.0 cm³/mol. The van der Waals surface area contributed by atoms with Gasteiger partial charge in [-0.1, -0.05) is 0 Å². The van der Waals surface area contributed by atoms with Gasteiger partial charge in [0.2, 0.25) is 11.8 Å². The van der Waals surface area contributed by atoms with Crippen LogP contribution in [0.15, 0.2) is 18.3 Å². The van der Waals surface area contributed by atoms with E-state index in [0.717, 1.165) is 11.8 Å². The first-order valence-corrected chi connectivity index (χ1v) is 7.64. The maximum Gasteiger partial charge on any atom is 0.435 e. The van der Waals surface area contributed by atoms with Gasteiger partial charge in [-0.3, -0.25) is 4.68 Å². The van der Waals surface area contributed by atoms with E-state index in [1.807, 2.05) is 11.8 Å². The number of aryl methyl sites for hydroxylation is 1. The summed E-state index contributed by atoms with van der Waals surface area (Å²) in [6.45, 7) is 3.17. The average Bonchev–Trinajstić information content (AvgIpc) is 3.04. The quantitative estimate of drug-likeness (QED) is 0.859. The lowest BCUT2D eigenvalue weighted by Crippen LogP contribution is -2.36. The number of ether oxygens (including phenoxy) is 1. The molecule has 1 fully saturated rings. The second-order valence-electron chi connectivity index (χ2n) is 5.75. The minimum Gasteiger partial charge on any atom is -0.481 e. The molecule has 9 heteroatoms. The van der Waals surface area contributed by atoms with Gasteiger partial charge in [-0.05, 0) is 25.8 Å². The Balaban J connectivity index is 1.68. The third kappa shape index (κ3) is 3.44. The number of anilines is 1. The molecule has 6 nitrogen and oxygen atoms in total. The first-order valence-electron chi connectivity index (χ1n) is 7.64. The molecule has 130 valence electrons. The summed E-state index contributed by atoms with van der Waals surface area (Å²) in [5.41, 5.74) is -0.0439. The van der Waals surface area contributed by atoms with E-state index in [1.54, 1.807) is 13.2 Å². The van der Waals surface area contributed by atoms with E-state index in [9.17, 15) is 13.2 Å². The van der Waals surface area contributed by atoms with Crippen molar-refractivity contribution < 1.29 is 17.9 Å². The van der Waals surface area contributed by atoms with Gasteiger partial charge in [0.1, 0.15) is 0 Å². The zero-order chi connectivity index (χ0) is 17.3. The highest BCUT2D eigenvalue weighted by molar-refractivity contribution is 5.34. The van der Waals surface area contributed by atoms with Crippen molar-refractivity contribution in [3.05, 3.63) is 29.7 Å². The lowest BCUT2D eigenvalue weighted by atomic mass is 10.1. The minimum atomic E-state index is -4.40. The molecule has 2 aromatic rings. The van der Waals surface area contributed by atoms with Crippen LogP contribution in [0.1, 0.15) is 30.3 Å². The number of hydrogen-bond donors (Lipinski definition) is 0. The number of piperidine rings is 1. The molecule has 0 spiro atoms. The third-order valence-electron chi connectivity index (χ3n) is 4.05. The Kier molecular flexibility index (Phi) is 4.33. The van der Waals surface area contributed by atoms with Gasteiger partial charge in [-0.15, -0.1) is 0 Å². The average molecular weight is 341 g/mol. The largest absolute Gasteiger partial charge is 0.481 e. The lowest BCUT2D eigenvalue weighted by molar-refractivity contribution is -0.141. The molecule has 3 rings (SSSR count). The Morgan fingerprint density at radius 3 is 2.50 bits per heavy atom. The summed E-state index contributed by atoms with van der Waals surface area (Å²) in [6, 6.07) is 2.71. The van der Waals surface area contributed by atoms with Gasteiger partial charge in [0.25, 0.3) is 0 Å². The number of halogens is 3. The van der Waals surface area contributed by atoms with Crippen LogP contribution >= 0.6 is 0 Å². The van der Waals surface area contributed by atoms with Crippen LogP contribution in [0.5, 0.6) is 5.88 Å². The normalized spacial score (nSPS) is 16.5. The van der Waals surface area contributed by atoms with Crippen molar-refractivity contribution in [2.24, 2.45) is 0 Å². The van der Waals surface area contributed by atoms with Crippen molar-refractivity contribution in [2.75, 3.05) is 25.1 Å². The van der Waals surface area contributed by atoms with E-state index in [4.69, 9.17) is 4.74 Å².